The molecule has 0 aliphatic carbocycles. The van der Waals surface area contributed by atoms with Gasteiger partial charge in [0.05, 0.1) is 0 Å². The van der Waals surface area contributed by atoms with Crippen LogP contribution in [-0.4, -0.2) is 5.11 Å². The van der Waals surface area contributed by atoms with Crippen molar-refractivity contribution in [3.8, 4) is 0 Å². The molecule has 0 amide bonds. The van der Waals surface area contributed by atoms with Crippen molar-refractivity contribution in [1.29, 1.82) is 0 Å². The number of halogens is 3. The van der Waals surface area contributed by atoms with Crippen LogP contribution in [0.3, 0.4) is 0 Å². The van der Waals surface area contributed by atoms with Gasteiger partial charge in [0.15, 0.2) is 16.7 Å². The molecule has 2 aromatic carbocycles. The summed E-state index contributed by atoms with van der Waals surface area (Å²) >= 11 is 11.0. The van der Waals surface area contributed by atoms with Crippen LogP contribution >= 0.6 is 23.8 Å². The largest absolute Gasteiger partial charge is 0.332 e. The van der Waals surface area contributed by atoms with E-state index < -0.39 is 11.6 Å². The lowest BCUT2D eigenvalue weighted by Gasteiger charge is -2.13. The van der Waals surface area contributed by atoms with Gasteiger partial charge in [-0.3, -0.25) is 0 Å². The molecule has 2 N–H and O–H groups in total. The van der Waals surface area contributed by atoms with Gasteiger partial charge >= 0.3 is 0 Å². The molecule has 2 aromatic rings. The molecule has 104 valence electrons. The quantitative estimate of drug-likeness (QED) is 0.784. The fourth-order valence-corrected chi connectivity index (χ4v) is 1.99. The van der Waals surface area contributed by atoms with Crippen LogP contribution < -0.4 is 10.6 Å². The van der Waals surface area contributed by atoms with E-state index >= 15 is 0 Å². The fraction of sp³-hybridized carbons (Fsp3) is 0.0714. The Hall–Kier alpha value is -1.72. The minimum absolute atomic E-state index is 0.265. The van der Waals surface area contributed by atoms with Gasteiger partial charge in [-0.2, -0.15) is 0 Å². The molecular weight excluding hydrogens is 302 g/mol. The van der Waals surface area contributed by atoms with Crippen molar-refractivity contribution < 1.29 is 8.78 Å². The number of hydrogen-bond acceptors (Lipinski definition) is 1. The number of thiocarbonyl (C=S) groups is 1. The van der Waals surface area contributed by atoms with E-state index in [2.05, 4.69) is 10.6 Å². The Morgan fingerprint density at radius 1 is 1.05 bits per heavy atom. The molecule has 0 saturated heterocycles. The van der Waals surface area contributed by atoms with E-state index in [0.717, 1.165) is 23.4 Å². The first kappa shape index (κ1) is 14.7. The summed E-state index contributed by atoms with van der Waals surface area (Å²) in [6.45, 7) is 1.90. The van der Waals surface area contributed by atoms with Gasteiger partial charge in [-0.1, -0.05) is 17.7 Å². The van der Waals surface area contributed by atoms with Gasteiger partial charge in [-0.25, -0.2) is 8.78 Å². The summed E-state index contributed by atoms with van der Waals surface area (Å²) in [5.41, 5.74) is 2.07. The zero-order valence-corrected chi connectivity index (χ0v) is 12.1. The molecule has 2 nitrogen and oxygen atoms in total. The normalized spacial score (nSPS) is 10.2. The van der Waals surface area contributed by atoms with Crippen molar-refractivity contribution in [1.82, 2.24) is 0 Å². The van der Waals surface area contributed by atoms with Gasteiger partial charge in [-0.15, -0.1) is 0 Å². The van der Waals surface area contributed by atoms with Crippen molar-refractivity contribution >= 4 is 40.3 Å². The maximum Gasteiger partial charge on any atom is 0.175 e. The first-order valence-corrected chi connectivity index (χ1v) is 6.53. The zero-order chi connectivity index (χ0) is 14.7. The summed E-state index contributed by atoms with van der Waals surface area (Å²) in [4.78, 5) is 0. The lowest BCUT2D eigenvalue weighted by Crippen LogP contribution is -2.19. The molecule has 0 unspecified atom stereocenters. The number of benzene rings is 2. The van der Waals surface area contributed by atoms with Gasteiger partial charge in [0.25, 0.3) is 0 Å². The van der Waals surface area contributed by atoms with E-state index in [4.69, 9.17) is 23.8 Å². The first-order valence-electron chi connectivity index (χ1n) is 5.75. The highest BCUT2D eigenvalue weighted by Gasteiger charge is 2.05. The molecule has 0 aliphatic heterocycles. The van der Waals surface area contributed by atoms with E-state index in [-0.39, 0.29) is 5.11 Å². The number of anilines is 2. The van der Waals surface area contributed by atoms with Crippen molar-refractivity contribution in [2.75, 3.05) is 10.6 Å². The Morgan fingerprint density at radius 2 is 1.80 bits per heavy atom. The summed E-state index contributed by atoms with van der Waals surface area (Å²) in [6, 6.07) is 8.82. The molecule has 0 bridgehead atoms. The van der Waals surface area contributed by atoms with Crippen LogP contribution in [0, 0.1) is 18.6 Å². The van der Waals surface area contributed by atoms with Crippen molar-refractivity contribution in [2.24, 2.45) is 0 Å². The SMILES string of the molecule is Cc1ccc(Cl)cc1NC(=S)Nc1ccc(F)c(F)c1. The lowest BCUT2D eigenvalue weighted by molar-refractivity contribution is 0.509. The van der Waals surface area contributed by atoms with E-state index in [1.54, 1.807) is 12.1 Å². The molecule has 6 heteroatoms. The van der Waals surface area contributed by atoms with Crippen molar-refractivity contribution in [2.45, 2.75) is 6.92 Å². The van der Waals surface area contributed by atoms with Gasteiger partial charge in [0.2, 0.25) is 0 Å². The van der Waals surface area contributed by atoms with Crippen LogP contribution in [0.25, 0.3) is 0 Å². The van der Waals surface area contributed by atoms with E-state index in [0.29, 0.717) is 10.7 Å². The molecule has 2 rings (SSSR count). The minimum Gasteiger partial charge on any atom is -0.332 e. The third-order valence-corrected chi connectivity index (χ3v) is 3.06. The van der Waals surface area contributed by atoms with Crippen LogP contribution in [-0.2, 0) is 0 Å². The van der Waals surface area contributed by atoms with Crippen molar-refractivity contribution in [3.63, 3.8) is 0 Å². The molecule has 0 spiro atoms. The van der Waals surface area contributed by atoms with E-state index in [1.165, 1.54) is 6.07 Å². The van der Waals surface area contributed by atoms with E-state index in [1.807, 2.05) is 13.0 Å². The summed E-state index contributed by atoms with van der Waals surface area (Å²) in [7, 11) is 0. The first-order chi connectivity index (χ1) is 9.45. The van der Waals surface area contributed by atoms with Crippen molar-refractivity contribution in [3.05, 3.63) is 58.6 Å². The Morgan fingerprint density at radius 3 is 2.50 bits per heavy atom. The molecule has 0 aliphatic rings. The van der Waals surface area contributed by atoms with Crippen LogP contribution in [0.5, 0.6) is 0 Å². The van der Waals surface area contributed by atoms with Gasteiger partial charge < -0.3 is 10.6 Å². The van der Waals surface area contributed by atoms with Crippen LogP contribution in [0.4, 0.5) is 20.2 Å². The number of rotatable bonds is 2. The average Bonchev–Trinajstić information content (AvgIpc) is 2.38. The third kappa shape index (κ3) is 3.65. The fourth-order valence-electron chi connectivity index (χ4n) is 1.59. The monoisotopic (exact) mass is 312 g/mol. The molecule has 0 aromatic heterocycles. The second-order valence-corrected chi connectivity index (χ2v) is 5.01. The summed E-state index contributed by atoms with van der Waals surface area (Å²) in [6.07, 6.45) is 0. The topological polar surface area (TPSA) is 24.1 Å². The number of nitrogens with one attached hydrogen (secondary N) is 2. The second-order valence-electron chi connectivity index (χ2n) is 4.17. The standard InChI is InChI=1S/C14H11ClF2N2S/c1-8-2-3-9(15)6-13(8)19-14(20)18-10-4-5-11(16)12(17)7-10/h2-7H,1H3,(H2,18,19,20). The van der Waals surface area contributed by atoms with Crippen LogP contribution in [0.15, 0.2) is 36.4 Å². The minimum atomic E-state index is -0.934. The Kier molecular flexibility index (Phi) is 4.52. The summed E-state index contributed by atoms with van der Waals surface area (Å²) in [5, 5.41) is 6.57. The molecule has 20 heavy (non-hydrogen) atoms. The van der Waals surface area contributed by atoms with Crippen LogP contribution in [0.1, 0.15) is 5.56 Å². The Bertz CT molecular complexity index is 662. The van der Waals surface area contributed by atoms with Gasteiger partial charge in [0.1, 0.15) is 0 Å². The third-order valence-electron chi connectivity index (χ3n) is 2.63. The number of hydrogen-bond donors (Lipinski definition) is 2. The summed E-state index contributed by atoms with van der Waals surface area (Å²) in [5.74, 6) is -1.84. The predicted octanol–water partition coefficient (Wildman–Crippen LogP) is 4.74. The molecule has 0 saturated carbocycles. The smallest absolute Gasteiger partial charge is 0.175 e. The molecular formula is C14H11ClF2N2S. The molecule has 0 fully saturated rings. The highest BCUT2D eigenvalue weighted by molar-refractivity contribution is 7.80. The molecule has 0 atom stereocenters. The maximum atomic E-state index is 13.1. The summed E-state index contributed by atoms with van der Waals surface area (Å²) < 4.78 is 25.9. The molecule has 0 heterocycles. The highest BCUT2D eigenvalue weighted by Crippen LogP contribution is 2.20. The van der Waals surface area contributed by atoms with Gasteiger partial charge in [0, 0.05) is 22.5 Å². The predicted molar refractivity (Wildman–Crippen MR) is 82.4 cm³/mol. The average molecular weight is 313 g/mol. The highest BCUT2D eigenvalue weighted by atomic mass is 35.5. The Labute approximate surface area is 125 Å². The zero-order valence-electron chi connectivity index (χ0n) is 10.5. The second kappa shape index (κ2) is 6.15. The van der Waals surface area contributed by atoms with Gasteiger partial charge in [-0.05, 0) is 49.0 Å². The van der Waals surface area contributed by atoms with E-state index in [9.17, 15) is 8.78 Å². The maximum absolute atomic E-state index is 13.1. The Balaban J connectivity index is 2.09. The van der Waals surface area contributed by atoms with Crippen LogP contribution in [0.2, 0.25) is 5.02 Å². The lowest BCUT2D eigenvalue weighted by atomic mass is 10.2. The molecule has 0 radical (unpaired) electrons. The number of aryl methyl sites for hydroxylation is 1.